The summed E-state index contributed by atoms with van der Waals surface area (Å²) in [6.45, 7) is 0. The SMILES string of the molecule is N#Cc1c(C(F)(F)F)cc(-c2ccccc2)n(N=C2CC3CCC2C3)c1=O. The van der Waals surface area contributed by atoms with Gasteiger partial charge in [-0.3, -0.25) is 4.79 Å². The fourth-order valence-electron chi connectivity index (χ4n) is 4.12. The third-order valence-corrected chi connectivity index (χ3v) is 5.41. The maximum Gasteiger partial charge on any atom is 0.417 e. The molecule has 0 spiro atoms. The van der Waals surface area contributed by atoms with Crippen LogP contribution < -0.4 is 5.56 Å². The van der Waals surface area contributed by atoms with Gasteiger partial charge in [0.05, 0.1) is 11.3 Å². The minimum Gasteiger partial charge on any atom is -0.266 e. The number of aromatic nitrogens is 1. The normalized spacial score (nSPS) is 23.0. The molecule has 2 fully saturated rings. The molecule has 2 saturated carbocycles. The number of hydrogen-bond donors (Lipinski definition) is 0. The molecule has 2 unspecified atom stereocenters. The predicted octanol–water partition coefficient (Wildman–Crippen LogP) is 4.43. The lowest BCUT2D eigenvalue weighted by molar-refractivity contribution is -0.137. The van der Waals surface area contributed by atoms with Gasteiger partial charge >= 0.3 is 6.18 Å². The standard InChI is InChI=1S/C20H16F3N3O/c21-20(22,23)16-10-18(13-4-2-1-3-5-13)26(19(27)15(16)11-24)25-17-9-12-6-7-14(17)8-12/h1-5,10,12,14H,6-9H2. The van der Waals surface area contributed by atoms with Crippen LogP contribution in [0.3, 0.4) is 0 Å². The number of rotatable bonds is 2. The maximum atomic E-state index is 13.4. The van der Waals surface area contributed by atoms with Crippen molar-refractivity contribution in [2.24, 2.45) is 16.9 Å². The van der Waals surface area contributed by atoms with Crippen LogP contribution in [0.5, 0.6) is 0 Å². The average Bonchev–Trinajstić information content (AvgIpc) is 3.26. The third-order valence-electron chi connectivity index (χ3n) is 5.41. The van der Waals surface area contributed by atoms with E-state index in [1.807, 2.05) is 0 Å². The van der Waals surface area contributed by atoms with E-state index in [1.165, 1.54) is 6.07 Å². The van der Waals surface area contributed by atoms with Crippen LogP contribution in [0.2, 0.25) is 0 Å². The molecule has 1 aromatic heterocycles. The van der Waals surface area contributed by atoms with Crippen molar-refractivity contribution in [1.29, 1.82) is 5.26 Å². The first kappa shape index (κ1) is 17.5. The maximum absolute atomic E-state index is 13.4. The topological polar surface area (TPSA) is 58.1 Å². The van der Waals surface area contributed by atoms with E-state index in [0.717, 1.165) is 42.1 Å². The van der Waals surface area contributed by atoms with E-state index in [0.29, 0.717) is 11.5 Å². The van der Waals surface area contributed by atoms with Crippen LogP contribution in [-0.4, -0.2) is 10.4 Å². The minimum absolute atomic E-state index is 0.0437. The minimum atomic E-state index is -4.80. The Labute approximate surface area is 153 Å². The summed E-state index contributed by atoms with van der Waals surface area (Å²) >= 11 is 0. The van der Waals surface area contributed by atoms with Crippen molar-refractivity contribution in [2.45, 2.75) is 31.9 Å². The van der Waals surface area contributed by atoms with E-state index in [4.69, 9.17) is 0 Å². The van der Waals surface area contributed by atoms with Gasteiger partial charge in [0.2, 0.25) is 0 Å². The number of halogens is 3. The monoisotopic (exact) mass is 371 g/mol. The lowest BCUT2D eigenvalue weighted by Crippen LogP contribution is -2.27. The van der Waals surface area contributed by atoms with Crippen molar-refractivity contribution in [3.8, 4) is 17.3 Å². The molecule has 138 valence electrons. The molecule has 0 radical (unpaired) electrons. The summed E-state index contributed by atoms with van der Waals surface area (Å²) in [4.78, 5) is 12.8. The highest BCUT2D eigenvalue weighted by atomic mass is 19.4. The van der Waals surface area contributed by atoms with Gasteiger partial charge in [-0.25, -0.2) is 0 Å². The second-order valence-electron chi connectivity index (χ2n) is 7.08. The Morgan fingerprint density at radius 2 is 1.93 bits per heavy atom. The number of benzene rings is 1. The Balaban J connectivity index is 1.98. The van der Waals surface area contributed by atoms with Gasteiger partial charge in [-0.1, -0.05) is 30.3 Å². The first-order chi connectivity index (χ1) is 12.9. The van der Waals surface area contributed by atoms with Crippen molar-refractivity contribution in [1.82, 2.24) is 4.68 Å². The molecule has 0 saturated heterocycles. The summed E-state index contributed by atoms with van der Waals surface area (Å²) in [5.41, 5.74) is -1.84. The molecule has 2 aliphatic rings. The van der Waals surface area contributed by atoms with Gasteiger partial charge in [0, 0.05) is 11.3 Å². The molecule has 2 atom stereocenters. The lowest BCUT2D eigenvalue weighted by Gasteiger charge is -2.17. The predicted molar refractivity (Wildman–Crippen MR) is 94.1 cm³/mol. The molecule has 0 N–H and O–H groups in total. The van der Waals surface area contributed by atoms with Crippen molar-refractivity contribution in [3.63, 3.8) is 0 Å². The molecule has 2 aromatic rings. The highest BCUT2D eigenvalue weighted by Crippen LogP contribution is 2.43. The largest absolute Gasteiger partial charge is 0.417 e. The number of nitrogens with zero attached hydrogens (tertiary/aromatic N) is 3. The quantitative estimate of drug-likeness (QED) is 0.784. The molecule has 0 amide bonds. The van der Waals surface area contributed by atoms with E-state index < -0.39 is 22.9 Å². The molecule has 27 heavy (non-hydrogen) atoms. The zero-order valence-electron chi connectivity index (χ0n) is 14.3. The zero-order valence-corrected chi connectivity index (χ0v) is 14.3. The van der Waals surface area contributed by atoms with Crippen molar-refractivity contribution >= 4 is 5.71 Å². The fraction of sp³-hybridized carbons (Fsp3) is 0.350. The average molecular weight is 371 g/mol. The molecule has 4 rings (SSSR count). The molecule has 0 aliphatic heterocycles. The molecule has 7 heteroatoms. The number of pyridine rings is 1. The summed E-state index contributed by atoms with van der Waals surface area (Å²) < 4.78 is 41.3. The summed E-state index contributed by atoms with van der Waals surface area (Å²) in [5, 5.41) is 13.7. The van der Waals surface area contributed by atoms with Crippen LogP contribution in [0.4, 0.5) is 13.2 Å². The lowest BCUT2D eigenvalue weighted by atomic mass is 9.99. The van der Waals surface area contributed by atoms with Crippen molar-refractivity contribution in [2.75, 3.05) is 0 Å². The Morgan fingerprint density at radius 3 is 2.48 bits per heavy atom. The Hall–Kier alpha value is -2.88. The third kappa shape index (κ3) is 3.05. The van der Waals surface area contributed by atoms with Gasteiger partial charge in [-0.05, 0) is 43.6 Å². The van der Waals surface area contributed by atoms with Crippen LogP contribution in [0.25, 0.3) is 11.3 Å². The van der Waals surface area contributed by atoms with E-state index in [2.05, 4.69) is 5.10 Å². The molecule has 1 aromatic carbocycles. The first-order valence-electron chi connectivity index (χ1n) is 8.79. The Kier molecular flexibility index (Phi) is 4.14. The van der Waals surface area contributed by atoms with Gasteiger partial charge < -0.3 is 0 Å². The molecular formula is C20H16F3N3O. The number of alkyl halides is 3. The Bertz CT molecular complexity index is 1020. The second-order valence-corrected chi connectivity index (χ2v) is 7.08. The van der Waals surface area contributed by atoms with Gasteiger partial charge in [0.15, 0.2) is 0 Å². The van der Waals surface area contributed by atoms with Crippen LogP contribution in [0.15, 0.2) is 46.3 Å². The Morgan fingerprint density at radius 1 is 1.19 bits per heavy atom. The highest BCUT2D eigenvalue weighted by molar-refractivity contribution is 5.90. The van der Waals surface area contributed by atoms with E-state index in [-0.39, 0.29) is 11.6 Å². The van der Waals surface area contributed by atoms with Gasteiger partial charge in [-0.15, -0.1) is 0 Å². The van der Waals surface area contributed by atoms with Crippen LogP contribution in [0, 0.1) is 23.2 Å². The summed E-state index contributed by atoms with van der Waals surface area (Å²) in [6, 6.07) is 10.6. The smallest absolute Gasteiger partial charge is 0.266 e. The van der Waals surface area contributed by atoms with Gasteiger partial charge in [-0.2, -0.15) is 28.2 Å². The van der Waals surface area contributed by atoms with E-state index in [1.54, 1.807) is 30.3 Å². The second kappa shape index (κ2) is 6.38. The van der Waals surface area contributed by atoms with Crippen molar-refractivity contribution in [3.05, 3.63) is 57.9 Å². The highest BCUT2D eigenvalue weighted by Gasteiger charge is 2.39. The zero-order chi connectivity index (χ0) is 19.2. The number of nitriles is 1. The summed E-state index contributed by atoms with van der Waals surface area (Å²) in [5.74, 6) is 0.813. The fourth-order valence-corrected chi connectivity index (χ4v) is 4.12. The number of hydrogen-bond acceptors (Lipinski definition) is 3. The molecule has 2 aliphatic carbocycles. The van der Waals surface area contributed by atoms with Gasteiger partial charge in [0.1, 0.15) is 11.6 Å². The van der Waals surface area contributed by atoms with Crippen molar-refractivity contribution < 1.29 is 13.2 Å². The molecule has 2 bridgehead atoms. The van der Waals surface area contributed by atoms with Crippen LogP contribution in [-0.2, 0) is 6.18 Å². The van der Waals surface area contributed by atoms with Crippen LogP contribution >= 0.6 is 0 Å². The van der Waals surface area contributed by atoms with E-state index >= 15 is 0 Å². The first-order valence-corrected chi connectivity index (χ1v) is 8.79. The number of fused-ring (bicyclic) bond motifs is 2. The molecule has 1 heterocycles. The molecule has 4 nitrogen and oxygen atoms in total. The summed E-state index contributed by atoms with van der Waals surface area (Å²) in [6.07, 6.45) is -0.911. The molecular weight excluding hydrogens is 355 g/mol. The summed E-state index contributed by atoms with van der Waals surface area (Å²) in [7, 11) is 0. The van der Waals surface area contributed by atoms with Gasteiger partial charge in [0.25, 0.3) is 5.56 Å². The van der Waals surface area contributed by atoms with E-state index in [9.17, 15) is 23.2 Å². The van der Waals surface area contributed by atoms with Crippen LogP contribution in [0.1, 0.15) is 36.8 Å².